The number of hydrogen-bond donors (Lipinski definition) is 2. The van der Waals surface area contributed by atoms with Gasteiger partial charge >= 0.3 is 12.0 Å². The Kier molecular flexibility index (Phi) is 5.84. The van der Waals surface area contributed by atoms with Crippen LogP contribution in [0.1, 0.15) is 38.3 Å². The smallest absolute Gasteiger partial charge is 0.317 e. The molecule has 2 atom stereocenters. The van der Waals surface area contributed by atoms with Crippen LogP contribution in [0.3, 0.4) is 0 Å². The fourth-order valence-electron chi connectivity index (χ4n) is 2.58. The highest BCUT2D eigenvalue weighted by atomic mass is 16.5. The van der Waals surface area contributed by atoms with Gasteiger partial charge in [-0.15, -0.1) is 0 Å². The first-order valence-corrected chi connectivity index (χ1v) is 8.02. The van der Waals surface area contributed by atoms with E-state index >= 15 is 0 Å². The van der Waals surface area contributed by atoms with Gasteiger partial charge in [-0.1, -0.05) is 19.1 Å². The molecule has 1 aromatic rings. The molecule has 1 aliphatic heterocycles. The molecule has 6 heteroatoms. The normalized spacial score (nSPS) is 18.5. The van der Waals surface area contributed by atoms with Crippen molar-refractivity contribution in [3.05, 3.63) is 29.8 Å². The number of carboxylic acids is 1. The quantitative estimate of drug-likeness (QED) is 0.844. The van der Waals surface area contributed by atoms with Crippen LogP contribution in [-0.4, -0.2) is 41.7 Å². The number of carbonyl (C=O) groups excluding carboxylic acids is 1. The molecule has 0 spiro atoms. The van der Waals surface area contributed by atoms with E-state index in [1.165, 1.54) is 0 Å². The Hall–Kier alpha value is -2.24. The van der Waals surface area contributed by atoms with E-state index in [4.69, 9.17) is 9.84 Å². The van der Waals surface area contributed by atoms with Crippen LogP contribution in [-0.2, 0) is 4.79 Å². The van der Waals surface area contributed by atoms with Crippen molar-refractivity contribution in [1.82, 2.24) is 10.2 Å². The van der Waals surface area contributed by atoms with E-state index in [0.29, 0.717) is 19.6 Å². The number of nitrogens with zero attached hydrogens (tertiary/aromatic N) is 1. The van der Waals surface area contributed by atoms with Crippen molar-refractivity contribution in [3.8, 4) is 5.75 Å². The highest BCUT2D eigenvalue weighted by Gasteiger charge is 2.31. The third-order valence-electron chi connectivity index (χ3n) is 4.02. The molecule has 0 radical (unpaired) electrons. The van der Waals surface area contributed by atoms with Gasteiger partial charge in [0.2, 0.25) is 0 Å². The maximum Gasteiger partial charge on any atom is 0.317 e. The van der Waals surface area contributed by atoms with Gasteiger partial charge in [0.25, 0.3) is 0 Å². The van der Waals surface area contributed by atoms with Crippen molar-refractivity contribution < 1.29 is 19.4 Å². The predicted molar refractivity (Wildman–Crippen MR) is 86.5 cm³/mol. The minimum Gasteiger partial charge on any atom is -0.494 e. The number of aliphatic carboxylic acids is 1. The molecule has 1 heterocycles. The van der Waals surface area contributed by atoms with Crippen molar-refractivity contribution >= 4 is 12.0 Å². The SMILES string of the molecule is CCCOc1ccc(C(C)NC(=O)N2CCC(C(=O)O)C2)cc1. The number of benzene rings is 1. The lowest BCUT2D eigenvalue weighted by Crippen LogP contribution is -2.40. The van der Waals surface area contributed by atoms with Gasteiger partial charge in [0.15, 0.2) is 0 Å². The highest BCUT2D eigenvalue weighted by molar-refractivity contribution is 5.77. The van der Waals surface area contributed by atoms with Crippen molar-refractivity contribution in [2.45, 2.75) is 32.7 Å². The zero-order chi connectivity index (χ0) is 16.8. The zero-order valence-electron chi connectivity index (χ0n) is 13.6. The third kappa shape index (κ3) is 4.61. The summed E-state index contributed by atoms with van der Waals surface area (Å²) in [5, 5.41) is 11.9. The molecule has 2 unspecified atom stereocenters. The Morgan fingerprint density at radius 1 is 1.39 bits per heavy atom. The van der Waals surface area contributed by atoms with Crippen LogP contribution in [0.5, 0.6) is 5.75 Å². The molecule has 1 saturated heterocycles. The van der Waals surface area contributed by atoms with Crippen molar-refractivity contribution in [3.63, 3.8) is 0 Å². The lowest BCUT2D eigenvalue weighted by Gasteiger charge is -2.21. The van der Waals surface area contributed by atoms with E-state index in [-0.39, 0.29) is 18.6 Å². The molecule has 1 fully saturated rings. The van der Waals surface area contributed by atoms with Crippen molar-refractivity contribution in [1.29, 1.82) is 0 Å². The standard InChI is InChI=1S/C17H24N2O4/c1-3-10-23-15-6-4-13(5-7-15)12(2)18-17(22)19-9-8-14(11-19)16(20)21/h4-7,12,14H,3,8-11H2,1-2H3,(H,18,22)(H,20,21). The highest BCUT2D eigenvalue weighted by Crippen LogP contribution is 2.20. The van der Waals surface area contributed by atoms with Crippen LogP contribution >= 0.6 is 0 Å². The fraction of sp³-hybridized carbons (Fsp3) is 0.529. The fourth-order valence-corrected chi connectivity index (χ4v) is 2.58. The summed E-state index contributed by atoms with van der Waals surface area (Å²) in [5.74, 6) is -0.472. The van der Waals surface area contributed by atoms with E-state index in [9.17, 15) is 9.59 Å². The third-order valence-corrected chi connectivity index (χ3v) is 4.02. The Labute approximate surface area is 136 Å². The topological polar surface area (TPSA) is 78.9 Å². The lowest BCUT2D eigenvalue weighted by atomic mass is 10.1. The Balaban J connectivity index is 1.87. The van der Waals surface area contributed by atoms with E-state index in [0.717, 1.165) is 17.7 Å². The second-order valence-electron chi connectivity index (χ2n) is 5.86. The second-order valence-corrected chi connectivity index (χ2v) is 5.86. The zero-order valence-corrected chi connectivity index (χ0v) is 13.6. The number of ether oxygens (including phenoxy) is 1. The Morgan fingerprint density at radius 2 is 2.09 bits per heavy atom. The van der Waals surface area contributed by atoms with Crippen molar-refractivity contribution in [2.75, 3.05) is 19.7 Å². The molecule has 0 saturated carbocycles. The molecular formula is C17H24N2O4. The number of carboxylic acid groups (broad SMARTS) is 1. The van der Waals surface area contributed by atoms with E-state index in [2.05, 4.69) is 12.2 Å². The first kappa shape index (κ1) is 17.1. The van der Waals surface area contributed by atoms with Gasteiger partial charge < -0.3 is 20.1 Å². The van der Waals surface area contributed by atoms with Crippen LogP contribution in [0.4, 0.5) is 4.79 Å². The first-order chi connectivity index (χ1) is 11.0. The number of amides is 2. The molecule has 2 N–H and O–H groups in total. The molecule has 1 aliphatic rings. The summed E-state index contributed by atoms with van der Waals surface area (Å²) in [6, 6.07) is 7.28. The number of nitrogens with one attached hydrogen (secondary N) is 1. The van der Waals surface area contributed by atoms with Gasteiger partial charge in [0, 0.05) is 13.1 Å². The van der Waals surface area contributed by atoms with Gasteiger partial charge in [-0.25, -0.2) is 4.79 Å². The number of likely N-dealkylation sites (tertiary alicyclic amines) is 1. The molecule has 23 heavy (non-hydrogen) atoms. The summed E-state index contributed by atoms with van der Waals surface area (Å²) in [6.45, 7) is 5.41. The average molecular weight is 320 g/mol. The molecule has 0 aromatic heterocycles. The Morgan fingerprint density at radius 3 is 2.65 bits per heavy atom. The number of carbonyl (C=O) groups is 2. The monoisotopic (exact) mass is 320 g/mol. The van der Waals surface area contributed by atoms with Crippen LogP contribution in [0.25, 0.3) is 0 Å². The molecular weight excluding hydrogens is 296 g/mol. The second kappa shape index (κ2) is 7.85. The summed E-state index contributed by atoms with van der Waals surface area (Å²) < 4.78 is 5.54. The van der Waals surface area contributed by atoms with Crippen LogP contribution in [0, 0.1) is 5.92 Å². The van der Waals surface area contributed by atoms with E-state index < -0.39 is 11.9 Å². The number of urea groups is 1. The largest absolute Gasteiger partial charge is 0.494 e. The van der Waals surface area contributed by atoms with Gasteiger partial charge in [-0.2, -0.15) is 0 Å². The van der Waals surface area contributed by atoms with Crippen LogP contribution < -0.4 is 10.1 Å². The van der Waals surface area contributed by atoms with Crippen LogP contribution in [0.2, 0.25) is 0 Å². The maximum atomic E-state index is 12.2. The van der Waals surface area contributed by atoms with Gasteiger partial charge in [0.1, 0.15) is 5.75 Å². The lowest BCUT2D eigenvalue weighted by molar-refractivity contribution is -0.141. The van der Waals surface area contributed by atoms with Gasteiger partial charge in [0.05, 0.1) is 18.6 Å². The summed E-state index contributed by atoms with van der Waals surface area (Å²) in [5.41, 5.74) is 0.983. The molecule has 1 aromatic carbocycles. The number of rotatable bonds is 6. The minimum absolute atomic E-state index is 0.147. The summed E-state index contributed by atoms with van der Waals surface area (Å²) >= 11 is 0. The van der Waals surface area contributed by atoms with Crippen molar-refractivity contribution in [2.24, 2.45) is 5.92 Å². The van der Waals surface area contributed by atoms with Gasteiger partial charge in [-0.05, 0) is 37.5 Å². The average Bonchev–Trinajstić information content (AvgIpc) is 3.03. The first-order valence-electron chi connectivity index (χ1n) is 8.02. The molecule has 2 rings (SSSR count). The Bertz CT molecular complexity index is 544. The summed E-state index contributed by atoms with van der Waals surface area (Å²) in [7, 11) is 0. The predicted octanol–water partition coefficient (Wildman–Crippen LogP) is 2.65. The van der Waals surface area contributed by atoms with Gasteiger partial charge in [-0.3, -0.25) is 4.79 Å². The summed E-state index contributed by atoms with van der Waals surface area (Å²) in [4.78, 5) is 24.7. The molecule has 126 valence electrons. The summed E-state index contributed by atoms with van der Waals surface area (Å²) in [6.07, 6.45) is 1.47. The molecule has 6 nitrogen and oxygen atoms in total. The number of hydrogen-bond acceptors (Lipinski definition) is 3. The minimum atomic E-state index is -0.837. The van der Waals surface area contributed by atoms with E-state index in [1.807, 2.05) is 31.2 Å². The van der Waals surface area contributed by atoms with E-state index in [1.54, 1.807) is 4.90 Å². The molecule has 0 bridgehead atoms. The molecule has 2 amide bonds. The molecule has 0 aliphatic carbocycles. The maximum absolute atomic E-state index is 12.2. The van der Waals surface area contributed by atoms with Crippen LogP contribution in [0.15, 0.2) is 24.3 Å².